The molecule has 0 bridgehead atoms. The third-order valence-electron chi connectivity index (χ3n) is 3.05. The molecule has 1 atom stereocenters. The van der Waals surface area contributed by atoms with E-state index in [0.29, 0.717) is 23.7 Å². The molecule has 0 fully saturated rings. The topological polar surface area (TPSA) is 54.8 Å². The number of nitrogens with two attached hydrogens (primary N) is 1. The van der Waals surface area contributed by atoms with Gasteiger partial charge in [0.2, 0.25) is 0 Å². The van der Waals surface area contributed by atoms with Crippen molar-refractivity contribution in [3.63, 3.8) is 0 Å². The minimum absolute atomic E-state index is 0.350. The molecule has 0 aliphatic carbocycles. The van der Waals surface area contributed by atoms with Crippen LogP contribution in [-0.2, 0) is 0 Å². The van der Waals surface area contributed by atoms with Gasteiger partial charge in [0.1, 0.15) is 12.0 Å². The highest BCUT2D eigenvalue weighted by Crippen LogP contribution is 2.37. The Labute approximate surface area is 96.2 Å². The van der Waals surface area contributed by atoms with Crippen LogP contribution in [0.5, 0.6) is 0 Å². The van der Waals surface area contributed by atoms with Gasteiger partial charge in [-0.05, 0) is 19.8 Å². The van der Waals surface area contributed by atoms with E-state index in [1.807, 2.05) is 0 Å². The first kappa shape index (κ1) is 11.0. The maximum atomic E-state index is 5.95. The number of hydrogen-bond acceptors (Lipinski definition) is 3. The van der Waals surface area contributed by atoms with Crippen LogP contribution in [0.2, 0.25) is 0 Å². The van der Waals surface area contributed by atoms with Crippen molar-refractivity contribution in [1.29, 1.82) is 0 Å². The molecule has 2 heterocycles. The summed E-state index contributed by atoms with van der Waals surface area (Å²) in [7, 11) is 0. The first-order valence-electron chi connectivity index (χ1n) is 5.76. The van der Waals surface area contributed by atoms with Crippen molar-refractivity contribution in [3.8, 4) is 0 Å². The summed E-state index contributed by atoms with van der Waals surface area (Å²) >= 11 is 0. The van der Waals surface area contributed by atoms with Crippen molar-refractivity contribution in [1.82, 2.24) is 9.97 Å². The Morgan fingerprint density at radius 1 is 1.25 bits per heavy atom. The number of hydrogen-bond donors (Lipinski definition) is 1. The average Bonchev–Trinajstić information content (AvgIpc) is 2.58. The lowest BCUT2D eigenvalue weighted by Gasteiger charge is -2.08. The van der Waals surface area contributed by atoms with Gasteiger partial charge in [-0.25, -0.2) is 9.97 Å². The van der Waals surface area contributed by atoms with Crippen molar-refractivity contribution < 1.29 is 4.58 Å². The van der Waals surface area contributed by atoms with Gasteiger partial charge in [-0.15, -0.1) is 0 Å². The van der Waals surface area contributed by atoms with E-state index in [9.17, 15) is 0 Å². The summed E-state index contributed by atoms with van der Waals surface area (Å²) in [4.78, 5) is 8.47. The van der Waals surface area contributed by atoms with E-state index in [1.165, 1.54) is 0 Å². The molecule has 0 saturated heterocycles. The number of rotatable bonds is 2. The number of nitrogen functional groups attached to an aromatic ring is 1. The lowest BCUT2D eigenvalue weighted by atomic mass is 9.94. The third kappa shape index (κ3) is 1.58. The van der Waals surface area contributed by atoms with Crippen molar-refractivity contribution in [2.75, 3.05) is 5.73 Å². The summed E-state index contributed by atoms with van der Waals surface area (Å²) in [6.45, 7) is 8.70. The molecule has 1 aliphatic heterocycles. The van der Waals surface area contributed by atoms with E-state index in [0.717, 1.165) is 11.4 Å². The maximum Gasteiger partial charge on any atom is 0.270 e. The van der Waals surface area contributed by atoms with Crippen LogP contribution in [0.15, 0.2) is 6.33 Å². The maximum absolute atomic E-state index is 5.95. The fourth-order valence-corrected chi connectivity index (χ4v) is 2.15. The van der Waals surface area contributed by atoms with Gasteiger partial charge < -0.3 is 5.73 Å². The molecular weight excluding hydrogens is 200 g/mol. The van der Waals surface area contributed by atoms with Crippen LogP contribution in [0.1, 0.15) is 39.3 Å². The predicted octanol–water partition coefficient (Wildman–Crippen LogP) is 1.94. The minimum Gasteiger partial charge on any atom is -0.378 e. The number of fused-ring (bicyclic) bond motifs is 1. The van der Waals surface area contributed by atoms with E-state index in [1.54, 1.807) is 6.33 Å². The van der Waals surface area contributed by atoms with Gasteiger partial charge in [0, 0.05) is 0 Å². The highest BCUT2D eigenvalue weighted by molar-refractivity contribution is 5.75. The fourth-order valence-electron chi connectivity index (χ4n) is 2.15. The smallest absolute Gasteiger partial charge is 0.270 e. The molecule has 0 saturated carbocycles. The zero-order chi connectivity index (χ0) is 11.9. The predicted molar refractivity (Wildman–Crippen MR) is 65.1 cm³/mol. The van der Waals surface area contributed by atoms with E-state index in [2.05, 4.69) is 48.5 Å². The van der Waals surface area contributed by atoms with Gasteiger partial charge in [-0.1, -0.05) is 13.8 Å². The van der Waals surface area contributed by atoms with Crippen LogP contribution < -0.4 is 5.73 Å². The molecule has 4 nitrogen and oxygen atoms in total. The van der Waals surface area contributed by atoms with E-state index < -0.39 is 0 Å². The molecule has 2 rings (SSSR count). The molecule has 4 heteroatoms. The molecule has 0 spiro atoms. The van der Waals surface area contributed by atoms with Crippen molar-refractivity contribution >= 4 is 17.7 Å². The van der Waals surface area contributed by atoms with Crippen LogP contribution in [0, 0.1) is 5.92 Å². The zero-order valence-corrected chi connectivity index (χ0v) is 10.3. The van der Waals surface area contributed by atoms with Crippen LogP contribution in [0.4, 0.5) is 11.5 Å². The summed E-state index contributed by atoms with van der Waals surface area (Å²) in [5, 5.41) is 0. The van der Waals surface area contributed by atoms with Gasteiger partial charge in [-0.2, -0.15) is 4.58 Å². The first-order chi connectivity index (χ1) is 7.52. The van der Waals surface area contributed by atoms with E-state index in [4.69, 9.17) is 5.73 Å². The molecular formula is C12H19N4+. The zero-order valence-electron chi connectivity index (χ0n) is 10.3. The van der Waals surface area contributed by atoms with Crippen LogP contribution >= 0.6 is 0 Å². The molecule has 0 amide bonds. The number of aromatic nitrogens is 2. The van der Waals surface area contributed by atoms with Crippen LogP contribution in [0.25, 0.3) is 0 Å². The molecule has 0 aromatic carbocycles. The normalized spacial score (nSPS) is 19.1. The van der Waals surface area contributed by atoms with Crippen molar-refractivity contribution in [2.45, 2.75) is 39.7 Å². The average molecular weight is 219 g/mol. The van der Waals surface area contributed by atoms with Crippen molar-refractivity contribution in [2.24, 2.45) is 5.92 Å². The Kier molecular flexibility index (Phi) is 2.66. The van der Waals surface area contributed by atoms with Crippen molar-refractivity contribution in [3.05, 3.63) is 12.0 Å². The summed E-state index contributed by atoms with van der Waals surface area (Å²) in [6, 6.07) is 0.385. The van der Waals surface area contributed by atoms with Crippen LogP contribution in [-0.4, -0.2) is 26.8 Å². The summed E-state index contributed by atoms with van der Waals surface area (Å²) in [5.74, 6) is 1.46. The van der Waals surface area contributed by atoms with E-state index >= 15 is 0 Å². The molecule has 1 aromatic rings. The first-order valence-corrected chi connectivity index (χ1v) is 5.76. The largest absolute Gasteiger partial charge is 0.378 e. The quantitative estimate of drug-likeness (QED) is 0.773. The highest BCUT2D eigenvalue weighted by Gasteiger charge is 2.37. The molecule has 16 heavy (non-hydrogen) atoms. The SMILES string of the molecule is CC(C)C1C=[N+](C(C)C)c2c(N)ncnc21. The lowest BCUT2D eigenvalue weighted by Crippen LogP contribution is -2.15. The fraction of sp³-hybridized carbons (Fsp3) is 0.583. The Morgan fingerprint density at radius 2 is 1.94 bits per heavy atom. The Morgan fingerprint density at radius 3 is 2.50 bits per heavy atom. The standard InChI is InChI=1S/C12H19N4/c1-7(2)9-5-16(8(3)4)11-10(9)14-6-15-12(11)13/h5-9H,1-4H3,(H2,13,14,15)/q+1. The third-order valence-corrected chi connectivity index (χ3v) is 3.05. The van der Waals surface area contributed by atoms with Gasteiger partial charge in [0.15, 0.2) is 18.1 Å². The number of nitrogens with zero attached hydrogens (tertiary/aromatic N) is 3. The van der Waals surface area contributed by atoms with E-state index in [-0.39, 0.29) is 0 Å². The summed E-state index contributed by atoms with van der Waals surface area (Å²) in [5.41, 5.74) is 8.01. The van der Waals surface area contributed by atoms with Gasteiger partial charge in [0.25, 0.3) is 5.69 Å². The molecule has 0 radical (unpaired) electrons. The Balaban J connectivity index is 2.58. The second kappa shape index (κ2) is 3.85. The summed E-state index contributed by atoms with van der Waals surface area (Å²) in [6.07, 6.45) is 3.78. The molecule has 86 valence electrons. The van der Waals surface area contributed by atoms with Gasteiger partial charge in [-0.3, -0.25) is 0 Å². The van der Waals surface area contributed by atoms with Gasteiger partial charge in [0.05, 0.1) is 5.92 Å². The monoisotopic (exact) mass is 219 g/mol. The van der Waals surface area contributed by atoms with Crippen LogP contribution in [0.3, 0.4) is 0 Å². The summed E-state index contributed by atoms with van der Waals surface area (Å²) < 4.78 is 2.19. The highest BCUT2D eigenvalue weighted by atomic mass is 15.1. The minimum atomic E-state index is 0.350. The second-order valence-electron chi connectivity index (χ2n) is 4.91. The Bertz CT molecular complexity index is 435. The molecule has 1 aliphatic rings. The number of anilines is 1. The lowest BCUT2D eigenvalue weighted by molar-refractivity contribution is -0.468. The second-order valence-corrected chi connectivity index (χ2v) is 4.91. The Hall–Kier alpha value is -1.45. The molecule has 1 aromatic heterocycles. The molecule has 2 N–H and O–H groups in total. The molecule has 1 unspecified atom stereocenters. The van der Waals surface area contributed by atoms with Gasteiger partial charge >= 0.3 is 0 Å².